The van der Waals surface area contributed by atoms with Crippen molar-refractivity contribution in [2.24, 2.45) is 0 Å². The first kappa shape index (κ1) is 10.4. The van der Waals surface area contributed by atoms with E-state index in [4.69, 9.17) is 15.3 Å². The summed E-state index contributed by atoms with van der Waals surface area (Å²) in [6.07, 6.45) is -2.15. The monoisotopic (exact) mass is 204 g/mol. The highest BCUT2D eigenvalue weighted by Gasteiger charge is 2.23. The number of phenols is 1. The molecule has 0 aliphatic carbocycles. The first-order valence-electron chi connectivity index (χ1n) is 3.53. The van der Waals surface area contributed by atoms with E-state index < -0.39 is 35.0 Å². The molecule has 0 heterocycles. The molecule has 1 aromatic rings. The van der Waals surface area contributed by atoms with Gasteiger partial charge in [0.05, 0.1) is 0 Å². The number of halogens is 2. The molecule has 0 aromatic heterocycles. The maximum Gasteiger partial charge on any atom is 0.337 e. The Balaban J connectivity index is 3.24. The minimum absolute atomic E-state index is 0.729. The number of carboxylic acids is 1. The third-order valence-electron chi connectivity index (χ3n) is 1.62. The second-order valence-corrected chi connectivity index (χ2v) is 2.54. The van der Waals surface area contributed by atoms with Gasteiger partial charge in [0.2, 0.25) is 5.82 Å². The summed E-state index contributed by atoms with van der Waals surface area (Å²) in [6, 6.07) is 1.56. The summed E-state index contributed by atoms with van der Waals surface area (Å²) in [7, 11) is 0. The summed E-state index contributed by atoms with van der Waals surface area (Å²) in [5.41, 5.74) is -0.729. The highest BCUT2D eigenvalue weighted by Crippen LogP contribution is 2.25. The SMILES string of the molecule is O=C(O)C(O)c1ccc(O)c(F)c1F. The van der Waals surface area contributed by atoms with Crippen LogP contribution in [0.1, 0.15) is 11.7 Å². The first-order valence-corrected chi connectivity index (χ1v) is 3.53. The number of hydrogen-bond donors (Lipinski definition) is 3. The average Bonchev–Trinajstić information content (AvgIpc) is 2.13. The molecule has 1 rings (SSSR count). The van der Waals surface area contributed by atoms with Gasteiger partial charge in [-0.15, -0.1) is 0 Å². The van der Waals surface area contributed by atoms with Gasteiger partial charge in [0.1, 0.15) is 0 Å². The molecule has 0 aliphatic heterocycles. The molecule has 1 aromatic carbocycles. The summed E-state index contributed by atoms with van der Waals surface area (Å²) in [5.74, 6) is -5.79. The molecule has 0 bridgehead atoms. The molecule has 3 N–H and O–H groups in total. The Hall–Kier alpha value is -1.69. The summed E-state index contributed by atoms with van der Waals surface area (Å²) < 4.78 is 25.6. The number of aliphatic hydroxyl groups excluding tert-OH is 1. The van der Waals surface area contributed by atoms with Gasteiger partial charge < -0.3 is 15.3 Å². The van der Waals surface area contributed by atoms with Crippen LogP contribution in [-0.4, -0.2) is 21.3 Å². The van der Waals surface area contributed by atoms with Crippen molar-refractivity contribution >= 4 is 5.97 Å². The van der Waals surface area contributed by atoms with Gasteiger partial charge in [0.25, 0.3) is 0 Å². The Bertz CT molecular complexity index is 378. The lowest BCUT2D eigenvalue weighted by Crippen LogP contribution is -2.12. The van der Waals surface area contributed by atoms with Crippen molar-refractivity contribution < 1.29 is 28.9 Å². The van der Waals surface area contributed by atoms with Gasteiger partial charge in [-0.25, -0.2) is 9.18 Å². The summed E-state index contributed by atoms with van der Waals surface area (Å²) in [6.45, 7) is 0. The third kappa shape index (κ3) is 1.64. The number of aliphatic carboxylic acids is 1. The molecular weight excluding hydrogens is 198 g/mol. The average molecular weight is 204 g/mol. The maximum absolute atomic E-state index is 12.9. The Morgan fingerprint density at radius 3 is 2.36 bits per heavy atom. The van der Waals surface area contributed by atoms with Crippen molar-refractivity contribution in [3.05, 3.63) is 29.3 Å². The number of aromatic hydroxyl groups is 1. The van der Waals surface area contributed by atoms with E-state index in [1.165, 1.54) is 0 Å². The van der Waals surface area contributed by atoms with Crippen LogP contribution >= 0.6 is 0 Å². The Kier molecular flexibility index (Phi) is 2.66. The Morgan fingerprint density at radius 2 is 1.86 bits per heavy atom. The number of carbonyl (C=O) groups is 1. The van der Waals surface area contributed by atoms with E-state index in [0.29, 0.717) is 0 Å². The lowest BCUT2D eigenvalue weighted by molar-refractivity contribution is -0.147. The Labute approximate surface area is 77.0 Å². The molecule has 0 saturated carbocycles. The number of carboxylic acid groups (broad SMARTS) is 1. The minimum atomic E-state index is -2.15. The predicted molar refractivity (Wildman–Crippen MR) is 40.6 cm³/mol. The topological polar surface area (TPSA) is 77.8 Å². The van der Waals surface area contributed by atoms with E-state index in [-0.39, 0.29) is 0 Å². The molecule has 14 heavy (non-hydrogen) atoms. The molecule has 4 nitrogen and oxygen atoms in total. The van der Waals surface area contributed by atoms with Crippen molar-refractivity contribution in [2.75, 3.05) is 0 Å². The van der Waals surface area contributed by atoms with Crippen LogP contribution in [0.15, 0.2) is 12.1 Å². The smallest absolute Gasteiger partial charge is 0.337 e. The second-order valence-electron chi connectivity index (χ2n) is 2.54. The van der Waals surface area contributed by atoms with Gasteiger partial charge in [-0.2, -0.15) is 4.39 Å². The van der Waals surface area contributed by atoms with Gasteiger partial charge in [0.15, 0.2) is 17.7 Å². The molecule has 0 saturated heterocycles. The van der Waals surface area contributed by atoms with Crippen LogP contribution in [0.25, 0.3) is 0 Å². The van der Waals surface area contributed by atoms with Crippen molar-refractivity contribution in [3.63, 3.8) is 0 Å². The van der Waals surface area contributed by atoms with E-state index in [0.717, 1.165) is 12.1 Å². The zero-order valence-corrected chi connectivity index (χ0v) is 6.74. The Morgan fingerprint density at radius 1 is 1.29 bits per heavy atom. The van der Waals surface area contributed by atoms with Crippen molar-refractivity contribution in [1.82, 2.24) is 0 Å². The van der Waals surface area contributed by atoms with Crippen molar-refractivity contribution in [1.29, 1.82) is 0 Å². The van der Waals surface area contributed by atoms with Crippen LogP contribution in [0.4, 0.5) is 8.78 Å². The van der Waals surface area contributed by atoms with E-state index in [2.05, 4.69) is 0 Å². The highest BCUT2D eigenvalue weighted by atomic mass is 19.2. The third-order valence-corrected chi connectivity index (χ3v) is 1.62. The minimum Gasteiger partial charge on any atom is -0.505 e. The number of aliphatic hydroxyl groups is 1. The molecule has 0 fully saturated rings. The van der Waals surface area contributed by atoms with Gasteiger partial charge in [-0.1, -0.05) is 0 Å². The van der Waals surface area contributed by atoms with Crippen LogP contribution in [0, 0.1) is 11.6 Å². The fourth-order valence-electron chi connectivity index (χ4n) is 0.898. The number of hydrogen-bond acceptors (Lipinski definition) is 3. The molecule has 76 valence electrons. The molecule has 0 spiro atoms. The van der Waals surface area contributed by atoms with E-state index in [1.807, 2.05) is 0 Å². The van der Waals surface area contributed by atoms with Gasteiger partial charge in [-0.3, -0.25) is 0 Å². The van der Waals surface area contributed by atoms with Gasteiger partial charge >= 0.3 is 5.97 Å². The molecule has 1 atom stereocenters. The normalized spacial score (nSPS) is 12.5. The van der Waals surface area contributed by atoms with Crippen LogP contribution in [0.5, 0.6) is 5.75 Å². The fourth-order valence-corrected chi connectivity index (χ4v) is 0.898. The second kappa shape index (κ2) is 3.59. The predicted octanol–water partition coefficient (Wildman–Crippen LogP) is 0.788. The number of rotatable bonds is 2. The van der Waals surface area contributed by atoms with E-state index in [1.54, 1.807) is 0 Å². The summed E-state index contributed by atoms with van der Waals surface area (Å²) >= 11 is 0. The van der Waals surface area contributed by atoms with Gasteiger partial charge in [0, 0.05) is 5.56 Å². The zero-order chi connectivity index (χ0) is 10.9. The van der Waals surface area contributed by atoms with Crippen LogP contribution in [0.2, 0.25) is 0 Å². The van der Waals surface area contributed by atoms with Crippen LogP contribution < -0.4 is 0 Å². The molecule has 0 amide bonds. The quantitative estimate of drug-likeness (QED) is 0.665. The summed E-state index contributed by atoms with van der Waals surface area (Å²) in [4.78, 5) is 10.2. The van der Waals surface area contributed by atoms with Crippen LogP contribution in [-0.2, 0) is 4.79 Å². The molecule has 0 radical (unpaired) electrons. The van der Waals surface area contributed by atoms with E-state index in [9.17, 15) is 13.6 Å². The standard InChI is InChI=1S/C8H6F2O4/c9-5-3(7(12)8(13)14)1-2-4(11)6(5)10/h1-2,7,11-12H,(H,13,14). The van der Waals surface area contributed by atoms with Crippen LogP contribution in [0.3, 0.4) is 0 Å². The lowest BCUT2D eigenvalue weighted by atomic mass is 10.1. The van der Waals surface area contributed by atoms with E-state index >= 15 is 0 Å². The molecule has 6 heteroatoms. The maximum atomic E-state index is 12.9. The molecule has 1 unspecified atom stereocenters. The fraction of sp³-hybridized carbons (Fsp3) is 0.125. The number of benzene rings is 1. The van der Waals surface area contributed by atoms with Gasteiger partial charge in [-0.05, 0) is 12.1 Å². The highest BCUT2D eigenvalue weighted by molar-refractivity contribution is 5.74. The molecule has 0 aliphatic rings. The number of phenolic OH excluding ortho intramolecular Hbond substituents is 1. The zero-order valence-electron chi connectivity index (χ0n) is 6.74. The first-order chi connectivity index (χ1) is 6.45. The van der Waals surface area contributed by atoms with Crippen molar-refractivity contribution in [2.45, 2.75) is 6.10 Å². The summed E-state index contributed by atoms with van der Waals surface area (Å²) in [5, 5.41) is 25.9. The van der Waals surface area contributed by atoms with Crippen molar-refractivity contribution in [3.8, 4) is 5.75 Å². The largest absolute Gasteiger partial charge is 0.505 e. The molecular formula is C8H6F2O4. The lowest BCUT2D eigenvalue weighted by Gasteiger charge is -2.07.